The van der Waals surface area contributed by atoms with Crippen molar-refractivity contribution in [3.8, 4) is 6.07 Å². The van der Waals surface area contributed by atoms with Crippen molar-refractivity contribution in [2.75, 3.05) is 45.8 Å². The van der Waals surface area contributed by atoms with Gasteiger partial charge in [-0.2, -0.15) is 5.26 Å². The number of amides is 1. The largest absolute Gasteiger partial charge is 0.342 e. The maximum atomic E-state index is 13.1. The number of piperidine rings is 3. The number of carbonyl (C=O) groups is 1. The monoisotopic (exact) mass is 408 g/mol. The standard InChI is InChI=1S/C25H36N4O/c26-19-22-9-17-28(18-10-22)25(30)23-7-4-13-29(20-23)24-11-15-27(16-12-24)14-8-21-5-2-1-3-6-21/h1-3,5-6,22-24H,4,7-18,20H2/t23-/m0/s1. The van der Waals surface area contributed by atoms with Gasteiger partial charge in [0.25, 0.3) is 0 Å². The van der Waals surface area contributed by atoms with Crippen LogP contribution in [0.4, 0.5) is 0 Å². The molecule has 162 valence electrons. The van der Waals surface area contributed by atoms with E-state index < -0.39 is 0 Å². The van der Waals surface area contributed by atoms with Crippen molar-refractivity contribution in [2.24, 2.45) is 11.8 Å². The molecule has 1 amide bonds. The molecule has 5 nitrogen and oxygen atoms in total. The molecule has 3 aliphatic heterocycles. The Labute approximate surface area is 181 Å². The number of carbonyl (C=O) groups excluding carboxylic acids is 1. The van der Waals surface area contributed by atoms with Gasteiger partial charge in [0.15, 0.2) is 0 Å². The second kappa shape index (κ2) is 10.4. The zero-order valence-electron chi connectivity index (χ0n) is 18.2. The first-order chi connectivity index (χ1) is 14.7. The average Bonchev–Trinajstić information content (AvgIpc) is 2.83. The highest BCUT2D eigenvalue weighted by atomic mass is 16.2. The number of benzene rings is 1. The Hall–Kier alpha value is -1.90. The molecule has 0 saturated carbocycles. The third kappa shape index (κ3) is 5.42. The second-order valence-electron chi connectivity index (χ2n) is 9.37. The third-order valence-electron chi connectivity index (χ3n) is 7.42. The van der Waals surface area contributed by atoms with Crippen molar-refractivity contribution in [1.29, 1.82) is 5.26 Å². The van der Waals surface area contributed by atoms with Crippen molar-refractivity contribution in [2.45, 2.75) is 51.0 Å². The molecule has 0 unspecified atom stereocenters. The van der Waals surface area contributed by atoms with Gasteiger partial charge in [-0.25, -0.2) is 0 Å². The van der Waals surface area contributed by atoms with E-state index in [1.165, 1.54) is 31.5 Å². The molecule has 0 N–H and O–H groups in total. The molecule has 1 aromatic carbocycles. The molecule has 3 aliphatic rings. The van der Waals surface area contributed by atoms with Crippen molar-refractivity contribution >= 4 is 5.91 Å². The number of nitrogens with zero attached hydrogens (tertiary/aromatic N) is 4. The van der Waals surface area contributed by atoms with Gasteiger partial charge in [-0.05, 0) is 70.1 Å². The highest BCUT2D eigenvalue weighted by Gasteiger charge is 2.34. The lowest BCUT2D eigenvalue weighted by Gasteiger charge is -2.43. The van der Waals surface area contributed by atoms with Crippen LogP contribution in [0.15, 0.2) is 30.3 Å². The molecule has 0 bridgehead atoms. The maximum absolute atomic E-state index is 13.1. The molecule has 0 aromatic heterocycles. The van der Waals surface area contributed by atoms with E-state index >= 15 is 0 Å². The molecule has 1 aromatic rings. The molecule has 1 atom stereocenters. The molecule has 3 saturated heterocycles. The Morgan fingerprint density at radius 3 is 2.40 bits per heavy atom. The number of rotatable bonds is 5. The Balaban J connectivity index is 1.21. The van der Waals surface area contributed by atoms with Crippen LogP contribution >= 0.6 is 0 Å². The molecule has 30 heavy (non-hydrogen) atoms. The van der Waals surface area contributed by atoms with Crippen molar-refractivity contribution in [1.82, 2.24) is 14.7 Å². The molecular weight excluding hydrogens is 372 g/mol. The van der Waals surface area contributed by atoms with E-state index in [4.69, 9.17) is 5.26 Å². The summed E-state index contributed by atoms with van der Waals surface area (Å²) in [5.41, 5.74) is 1.43. The SMILES string of the molecule is N#CC1CCN(C(=O)[C@H]2CCCN(C3CCN(CCc4ccccc4)CC3)C2)CC1. The normalized spacial score (nSPS) is 25.2. The summed E-state index contributed by atoms with van der Waals surface area (Å²) in [7, 11) is 0. The molecule has 0 spiro atoms. The summed E-state index contributed by atoms with van der Waals surface area (Å²) in [5, 5.41) is 9.09. The summed E-state index contributed by atoms with van der Waals surface area (Å²) in [6.07, 6.45) is 7.45. The lowest BCUT2D eigenvalue weighted by atomic mass is 9.91. The molecule has 0 radical (unpaired) electrons. The highest BCUT2D eigenvalue weighted by Crippen LogP contribution is 2.27. The number of hydrogen-bond donors (Lipinski definition) is 0. The van der Waals surface area contributed by atoms with E-state index in [0.29, 0.717) is 11.9 Å². The van der Waals surface area contributed by atoms with Gasteiger partial charge in [-0.3, -0.25) is 9.69 Å². The number of likely N-dealkylation sites (tertiary alicyclic amines) is 3. The van der Waals surface area contributed by atoms with Crippen LogP contribution in [-0.2, 0) is 11.2 Å². The van der Waals surface area contributed by atoms with E-state index in [0.717, 1.165) is 64.8 Å². The van der Waals surface area contributed by atoms with E-state index in [1.54, 1.807) is 0 Å². The van der Waals surface area contributed by atoms with Crippen LogP contribution in [0.3, 0.4) is 0 Å². The molecular formula is C25H36N4O. The van der Waals surface area contributed by atoms with Gasteiger partial charge >= 0.3 is 0 Å². The summed E-state index contributed by atoms with van der Waals surface area (Å²) < 4.78 is 0. The minimum absolute atomic E-state index is 0.143. The van der Waals surface area contributed by atoms with Crippen LogP contribution in [0.5, 0.6) is 0 Å². The summed E-state index contributed by atoms with van der Waals surface area (Å²) in [5.74, 6) is 0.647. The van der Waals surface area contributed by atoms with Gasteiger partial charge < -0.3 is 9.80 Å². The average molecular weight is 409 g/mol. The predicted octanol–water partition coefficient (Wildman–Crippen LogP) is 3.17. The van der Waals surface area contributed by atoms with Crippen molar-refractivity contribution in [3.05, 3.63) is 35.9 Å². The first-order valence-corrected chi connectivity index (χ1v) is 11.9. The van der Waals surface area contributed by atoms with Gasteiger partial charge in [-0.15, -0.1) is 0 Å². The Morgan fingerprint density at radius 1 is 0.967 bits per heavy atom. The zero-order valence-corrected chi connectivity index (χ0v) is 18.2. The Morgan fingerprint density at radius 2 is 1.70 bits per heavy atom. The quantitative estimate of drug-likeness (QED) is 0.751. The van der Waals surface area contributed by atoms with Crippen LogP contribution in [0, 0.1) is 23.2 Å². The fraction of sp³-hybridized carbons (Fsp3) is 0.680. The van der Waals surface area contributed by atoms with Gasteiger partial charge in [0.2, 0.25) is 5.91 Å². The summed E-state index contributed by atoms with van der Waals surface area (Å²) in [6.45, 7) is 7.13. The Kier molecular flexibility index (Phi) is 7.41. The molecule has 3 fully saturated rings. The minimum Gasteiger partial charge on any atom is -0.342 e. The minimum atomic E-state index is 0.143. The molecule has 3 heterocycles. The smallest absolute Gasteiger partial charge is 0.226 e. The van der Waals surface area contributed by atoms with Crippen molar-refractivity contribution in [3.63, 3.8) is 0 Å². The van der Waals surface area contributed by atoms with Gasteiger partial charge in [-0.1, -0.05) is 30.3 Å². The second-order valence-corrected chi connectivity index (χ2v) is 9.37. The predicted molar refractivity (Wildman–Crippen MR) is 119 cm³/mol. The number of nitriles is 1. The van der Waals surface area contributed by atoms with Crippen LogP contribution in [0.25, 0.3) is 0 Å². The lowest BCUT2D eigenvalue weighted by Crippen LogP contribution is -2.52. The summed E-state index contributed by atoms with van der Waals surface area (Å²) in [4.78, 5) is 20.3. The fourth-order valence-corrected chi connectivity index (χ4v) is 5.47. The van der Waals surface area contributed by atoms with Crippen LogP contribution < -0.4 is 0 Å². The van der Waals surface area contributed by atoms with Gasteiger partial charge in [0, 0.05) is 38.1 Å². The zero-order chi connectivity index (χ0) is 20.8. The van der Waals surface area contributed by atoms with Gasteiger partial charge in [0.05, 0.1) is 12.0 Å². The highest BCUT2D eigenvalue weighted by molar-refractivity contribution is 5.79. The first-order valence-electron chi connectivity index (χ1n) is 11.9. The van der Waals surface area contributed by atoms with E-state index in [2.05, 4.69) is 46.2 Å². The lowest BCUT2D eigenvalue weighted by molar-refractivity contribution is -0.139. The van der Waals surface area contributed by atoms with Gasteiger partial charge in [0.1, 0.15) is 0 Å². The summed E-state index contributed by atoms with van der Waals surface area (Å²) >= 11 is 0. The molecule has 4 rings (SSSR count). The van der Waals surface area contributed by atoms with Crippen LogP contribution in [-0.4, -0.2) is 72.5 Å². The Bertz CT molecular complexity index is 714. The summed E-state index contributed by atoms with van der Waals surface area (Å²) in [6, 6.07) is 13.8. The van der Waals surface area contributed by atoms with E-state index in [-0.39, 0.29) is 11.8 Å². The maximum Gasteiger partial charge on any atom is 0.226 e. The third-order valence-corrected chi connectivity index (χ3v) is 7.42. The van der Waals surface area contributed by atoms with E-state index in [9.17, 15) is 4.79 Å². The number of hydrogen-bond acceptors (Lipinski definition) is 4. The fourth-order valence-electron chi connectivity index (χ4n) is 5.47. The topological polar surface area (TPSA) is 50.6 Å². The molecule has 0 aliphatic carbocycles. The first kappa shape index (κ1) is 21.3. The van der Waals surface area contributed by atoms with Crippen molar-refractivity contribution < 1.29 is 4.79 Å². The van der Waals surface area contributed by atoms with Crippen LogP contribution in [0.1, 0.15) is 44.1 Å². The van der Waals surface area contributed by atoms with Crippen LogP contribution in [0.2, 0.25) is 0 Å². The molecule has 5 heteroatoms. The van der Waals surface area contributed by atoms with E-state index in [1.807, 2.05) is 4.90 Å².